The van der Waals surface area contributed by atoms with Gasteiger partial charge >= 0.3 is 0 Å². The van der Waals surface area contributed by atoms with E-state index in [1.807, 2.05) is 19.1 Å². The van der Waals surface area contributed by atoms with Crippen LogP contribution in [0.25, 0.3) is 0 Å². The summed E-state index contributed by atoms with van der Waals surface area (Å²) in [6.07, 6.45) is 0.863. The molecular formula is C23H32N4O3S. The maximum absolute atomic E-state index is 12.9. The number of carbonyl (C=O) groups excluding carboxylic acids is 1. The first-order valence-electron chi connectivity index (χ1n) is 10.6. The van der Waals surface area contributed by atoms with Crippen molar-refractivity contribution in [2.75, 3.05) is 51.0 Å². The molecule has 0 bridgehead atoms. The van der Waals surface area contributed by atoms with E-state index in [1.54, 1.807) is 31.2 Å². The van der Waals surface area contributed by atoms with Crippen molar-refractivity contribution in [2.24, 2.45) is 0 Å². The molecule has 0 spiro atoms. The van der Waals surface area contributed by atoms with Crippen LogP contribution < -0.4 is 10.0 Å². The molecule has 2 aromatic rings. The highest BCUT2D eigenvalue weighted by atomic mass is 32.2. The van der Waals surface area contributed by atoms with Gasteiger partial charge in [0, 0.05) is 44.0 Å². The van der Waals surface area contributed by atoms with E-state index in [9.17, 15) is 13.2 Å². The summed E-state index contributed by atoms with van der Waals surface area (Å²) in [7, 11) is -1.67. The fraction of sp³-hybridized carbons (Fsp3) is 0.435. The van der Waals surface area contributed by atoms with Gasteiger partial charge in [0.2, 0.25) is 0 Å². The minimum atomic E-state index is -3.80. The molecule has 0 aliphatic carbocycles. The zero-order chi connectivity index (χ0) is 22.4. The number of piperazine rings is 1. The van der Waals surface area contributed by atoms with Gasteiger partial charge in [-0.1, -0.05) is 23.8 Å². The highest BCUT2D eigenvalue weighted by molar-refractivity contribution is 7.92. The van der Waals surface area contributed by atoms with E-state index < -0.39 is 10.0 Å². The Kier molecular flexibility index (Phi) is 7.69. The number of hydrogen-bond donors (Lipinski definition) is 2. The number of benzene rings is 2. The average Bonchev–Trinajstić information content (AvgIpc) is 2.74. The van der Waals surface area contributed by atoms with Crippen LogP contribution in [0.1, 0.15) is 27.9 Å². The fourth-order valence-electron chi connectivity index (χ4n) is 3.54. The lowest BCUT2D eigenvalue weighted by molar-refractivity contribution is 0.0949. The third kappa shape index (κ3) is 6.53. The Balaban J connectivity index is 1.59. The molecule has 0 saturated carbocycles. The highest BCUT2D eigenvalue weighted by Crippen LogP contribution is 2.21. The summed E-state index contributed by atoms with van der Waals surface area (Å²) in [4.78, 5) is 17.4. The number of rotatable bonds is 8. The van der Waals surface area contributed by atoms with E-state index in [2.05, 4.69) is 26.9 Å². The number of nitrogens with one attached hydrogen (secondary N) is 2. The van der Waals surface area contributed by atoms with Crippen LogP contribution in [0, 0.1) is 13.8 Å². The molecule has 0 atom stereocenters. The molecule has 0 radical (unpaired) electrons. The van der Waals surface area contributed by atoms with Gasteiger partial charge < -0.3 is 15.1 Å². The number of aryl methyl sites for hydroxylation is 2. The predicted molar refractivity (Wildman–Crippen MR) is 124 cm³/mol. The maximum atomic E-state index is 12.9. The smallest absolute Gasteiger partial charge is 0.262 e. The summed E-state index contributed by atoms with van der Waals surface area (Å²) >= 11 is 0. The number of amides is 1. The highest BCUT2D eigenvalue weighted by Gasteiger charge is 2.19. The zero-order valence-corrected chi connectivity index (χ0v) is 19.3. The Morgan fingerprint density at radius 3 is 2.35 bits per heavy atom. The van der Waals surface area contributed by atoms with E-state index in [0.29, 0.717) is 23.4 Å². The van der Waals surface area contributed by atoms with E-state index >= 15 is 0 Å². The third-order valence-electron chi connectivity index (χ3n) is 5.58. The van der Waals surface area contributed by atoms with Crippen LogP contribution in [0.5, 0.6) is 0 Å². The van der Waals surface area contributed by atoms with Crippen molar-refractivity contribution in [1.29, 1.82) is 0 Å². The summed E-state index contributed by atoms with van der Waals surface area (Å²) in [5, 5.41) is 2.91. The summed E-state index contributed by atoms with van der Waals surface area (Å²) in [5.41, 5.74) is 2.47. The van der Waals surface area contributed by atoms with Crippen LogP contribution in [-0.2, 0) is 10.0 Å². The second-order valence-corrected chi connectivity index (χ2v) is 9.86. The molecule has 1 amide bonds. The Morgan fingerprint density at radius 1 is 1.00 bits per heavy atom. The molecule has 8 heteroatoms. The van der Waals surface area contributed by atoms with Gasteiger partial charge in [-0.3, -0.25) is 9.52 Å². The topological polar surface area (TPSA) is 81.7 Å². The van der Waals surface area contributed by atoms with Gasteiger partial charge in [0.1, 0.15) is 0 Å². The van der Waals surface area contributed by atoms with E-state index in [1.165, 1.54) is 6.07 Å². The number of carbonyl (C=O) groups is 1. The van der Waals surface area contributed by atoms with Gasteiger partial charge in [-0.2, -0.15) is 0 Å². The lowest BCUT2D eigenvalue weighted by atomic mass is 10.1. The second-order valence-electron chi connectivity index (χ2n) is 8.21. The Morgan fingerprint density at radius 2 is 1.68 bits per heavy atom. The molecule has 1 fully saturated rings. The number of nitrogens with zero attached hydrogens (tertiary/aromatic N) is 2. The lowest BCUT2D eigenvalue weighted by Crippen LogP contribution is -2.45. The molecular weight excluding hydrogens is 412 g/mol. The largest absolute Gasteiger partial charge is 0.352 e. The van der Waals surface area contributed by atoms with Crippen LogP contribution in [0.15, 0.2) is 47.4 Å². The van der Waals surface area contributed by atoms with Crippen LogP contribution in [0.2, 0.25) is 0 Å². The third-order valence-corrected chi connectivity index (χ3v) is 7.10. The molecule has 1 aliphatic heterocycles. The summed E-state index contributed by atoms with van der Waals surface area (Å²) in [6.45, 7) is 9.42. The number of anilines is 1. The van der Waals surface area contributed by atoms with Gasteiger partial charge in [-0.05, 0) is 63.7 Å². The summed E-state index contributed by atoms with van der Waals surface area (Å²) in [5.74, 6) is -0.259. The van der Waals surface area contributed by atoms with Crippen molar-refractivity contribution >= 4 is 21.6 Å². The first kappa shape index (κ1) is 23.2. The van der Waals surface area contributed by atoms with Crippen molar-refractivity contribution in [3.63, 3.8) is 0 Å². The molecule has 1 saturated heterocycles. The minimum Gasteiger partial charge on any atom is -0.352 e. The summed E-state index contributed by atoms with van der Waals surface area (Å²) in [6, 6.07) is 11.9. The molecule has 168 valence electrons. The van der Waals surface area contributed by atoms with Crippen LogP contribution >= 0.6 is 0 Å². The minimum absolute atomic E-state index is 0.109. The lowest BCUT2D eigenvalue weighted by Gasteiger charge is -2.32. The van der Waals surface area contributed by atoms with Crippen molar-refractivity contribution in [2.45, 2.75) is 25.2 Å². The van der Waals surface area contributed by atoms with Gasteiger partial charge in [0.25, 0.3) is 15.9 Å². The maximum Gasteiger partial charge on any atom is 0.262 e. The first-order chi connectivity index (χ1) is 14.7. The van der Waals surface area contributed by atoms with E-state index in [-0.39, 0.29) is 10.8 Å². The van der Waals surface area contributed by atoms with Crippen LogP contribution in [-0.4, -0.2) is 70.4 Å². The van der Waals surface area contributed by atoms with E-state index in [4.69, 9.17) is 0 Å². The molecule has 0 unspecified atom stereocenters. The molecule has 1 heterocycles. The standard InChI is InChI=1S/C23H32N4O3S/c1-18-5-9-21(10-6-18)25-31(29,30)22-17-20(8-7-19(22)2)23(28)24-11-4-12-27-15-13-26(3)14-16-27/h5-10,17,25H,4,11-16H2,1-3H3,(H,24,28). The van der Waals surface area contributed by atoms with Gasteiger partial charge in [0.05, 0.1) is 4.90 Å². The van der Waals surface area contributed by atoms with Crippen LogP contribution in [0.3, 0.4) is 0 Å². The number of hydrogen-bond acceptors (Lipinski definition) is 5. The van der Waals surface area contributed by atoms with Gasteiger partial charge in [-0.25, -0.2) is 8.42 Å². The molecule has 0 aromatic heterocycles. The van der Waals surface area contributed by atoms with Crippen LogP contribution in [0.4, 0.5) is 5.69 Å². The molecule has 7 nitrogen and oxygen atoms in total. The first-order valence-corrected chi connectivity index (χ1v) is 12.1. The SMILES string of the molecule is Cc1ccc(NS(=O)(=O)c2cc(C(=O)NCCCN3CCN(C)CC3)ccc2C)cc1. The monoisotopic (exact) mass is 444 g/mol. The normalized spacial score (nSPS) is 15.6. The van der Waals surface area contributed by atoms with E-state index in [0.717, 1.165) is 44.7 Å². The molecule has 2 N–H and O–H groups in total. The molecule has 3 rings (SSSR count). The molecule has 2 aromatic carbocycles. The Labute approximate surface area is 185 Å². The fourth-order valence-corrected chi connectivity index (χ4v) is 4.87. The molecule has 31 heavy (non-hydrogen) atoms. The zero-order valence-electron chi connectivity index (χ0n) is 18.5. The molecule has 1 aliphatic rings. The van der Waals surface area contributed by atoms with Gasteiger partial charge in [0.15, 0.2) is 0 Å². The van der Waals surface area contributed by atoms with Crippen molar-refractivity contribution in [3.8, 4) is 0 Å². The number of likely N-dealkylation sites (N-methyl/N-ethyl adjacent to an activating group) is 1. The predicted octanol–water partition coefficient (Wildman–Crippen LogP) is 2.47. The van der Waals surface area contributed by atoms with Gasteiger partial charge in [-0.15, -0.1) is 0 Å². The number of sulfonamides is 1. The second kappa shape index (κ2) is 10.3. The van der Waals surface area contributed by atoms with Crippen molar-refractivity contribution in [1.82, 2.24) is 15.1 Å². The Hall–Kier alpha value is -2.42. The van der Waals surface area contributed by atoms with Crippen molar-refractivity contribution < 1.29 is 13.2 Å². The Bertz CT molecular complexity index is 998. The summed E-state index contributed by atoms with van der Waals surface area (Å²) < 4.78 is 28.4. The quantitative estimate of drug-likeness (QED) is 0.612. The average molecular weight is 445 g/mol. The van der Waals surface area contributed by atoms with Crippen molar-refractivity contribution in [3.05, 3.63) is 59.2 Å².